The molecule has 0 aliphatic carbocycles. The molecule has 0 radical (unpaired) electrons. The van der Waals surface area contributed by atoms with Crippen LogP contribution in [0.1, 0.15) is 26.7 Å². The van der Waals surface area contributed by atoms with Crippen molar-refractivity contribution < 1.29 is 0 Å². The zero-order valence-electron chi connectivity index (χ0n) is 9.45. The predicted molar refractivity (Wildman–Crippen MR) is 66.3 cm³/mol. The average molecular weight is 214 g/mol. The van der Waals surface area contributed by atoms with Crippen LogP contribution in [0.3, 0.4) is 0 Å². The lowest BCUT2D eigenvalue weighted by molar-refractivity contribution is 0.209. The van der Waals surface area contributed by atoms with Crippen LogP contribution in [-0.2, 0) is 0 Å². The molecule has 14 heavy (non-hydrogen) atoms. The van der Waals surface area contributed by atoms with Gasteiger partial charge in [-0.3, -0.25) is 5.32 Å². The second kappa shape index (κ2) is 4.33. The minimum absolute atomic E-state index is 0.640. The number of thiol groups is 1. The Balaban J connectivity index is 1.91. The minimum atomic E-state index is 0.640. The van der Waals surface area contributed by atoms with Gasteiger partial charge < -0.3 is 4.90 Å². The molecule has 0 amide bonds. The molecule has 82 valence electrons. The van der Waals surface area contributed by atoms with Crippen molar-refractivity contribution in [2.24, 2.45) is 5.92 Å². The van der Waals surface area contributed by atoms with E-state index < -0.39 is 0 Å². The van der Waals surface area contributed by atoms with E-state index in [2.05, 4.69) is 31.1 Å². The van der Waals surface area contributed by atoms with Crippen molar-refractivity contribution in [2.75, 3.05) is 20.1 Å². The highest BCUT2D eigenvalue weighted by atomic mass is 32.1. The van der Waals surface area contributed by atoms with E-state index in [1.54, 1.807) is 16.2 Å². The Bertz CT molecular complexity index is 231. The first-order valence-electron chi connectivity index (χ1n) is 5.65. The molecule has 2 aliphatic heterocycles. The number of nitrogens with one attached hydrogen (secondary N) is 1. The van der Waals surface area contributed by atoms with Crippen LogP contribution in [0, 0.1) is 5.92 Å². The largest absolute Gasteiger partial charge is 0.306 e. The fourth-order valence-electron chi connectivity index (χ4n) is 2.33. The molecule has 2 aliphatic rings. The SMILES string of the molecule is CC1=[SH]C(C2CCN(C)CC2)NC1C. The molecule has 0 saturated carbocycles. The number of likely N-dealkylation sites (tertiary alicyclic amines) is 1. The smallest absolute Gasteiger partial charge is 0.0490 e. The molecule has 2 nitrogen and oxygen atoms in total. The third kappa shape index (κ3) is 2.20. The number of hydrogen-bond acceptors (Lipinski definition) is 2. The van der Waals surface area contributed by atoms with E-state index in [0.717, 1.165) is 11.3 Å². The van der Waals surface area contributed by atoms with E-state index in [9.17, 15) is 0 Å². The quantitative estimate of drug-likeness (QED) is 0.505. The lowest BCUT2D eigenvalue weighted by Gasteiger charge is -2.32. The van der Waals surface area contributed by atoms with Crippen LogP contribution in [0.2, 0.25) is 0 Å². The summed E-state index contributed by atoms with van der Waals surface area (Å²) in [7, 11) is 2.23. The van der Waals surface area contributed by atoms with Crippen molar-refractivity contribution in [2.45, 2.75) is 38.1 Å². The number of piperidine rings is 1. The van der Waals surface area contributed by atoms with Gasteiger partial charge in [-0.25, -0.2) is 0 Å². The third-order valence-corrected chi connectivity index (χ3v) is 5.24. The molecular formula is C11H22N2S. The molecule has 1 saturated heterocycles. The summed E-state index contributed by atoms with van der Waals surface area (Å²) in [5.74, 6) is 0.910. The summed E-state index contributed by atoms with van der Waals surface area (Å²) in [4.78, 5) is 4.07. The van der Waals surface area contributed by atoms with E-state index in [1.165, 1.54) is 25.9 Å². The monoisotopic (exact) mass is 214 g/mol. The topological polar surface area (TPSA) is 15.3 Å². The van der Waals surface area contributed by atoms with Gasteiger partial charge in [0, 0.05) is 11.4 Å². The summed E-state index contributed by atoms with van der Waals surface area (Å²) in [6, 6.07) is 0.640. The van der Waals surface area contributed by atoms with Gasteiger partial charge in [-0.15, -0.1) is 0 Å². The van der Waals surface area contributed by atoms with Crippen LogP contribution in [0.5, 0.6) is 0 Å². The van der Waals surface area contributed by atoms with Gasteiger partial charge in [-0.1, -0.05) is 0 Å². The second-order valence-electron chi connectivity index (χ2n) is 4.74. The molecule has 0 aromatic rings. The average Bonchev–Trinajstić information content (AvgIpc) is 2.48. The Morgan fingerprint density at radius 1 is 1.36 bits per heavy atom. The van der Waals surface area contributed by atoms with E-state index in [1.807, 2.05) is 0 Å². The van der Waals surface area contributed by atoms with Crippen LogP contribution < -0.4 is 5.32 Å². The van der Waals surface area contributed by atoms with E-state index in [4.69, 9.17) is 0 Å². The zero-order valence-corrected chi connectivity index (χ0v) is 10.3. The van der Waals surface area contributed by atoms with E-state index >= 15 is 0 Å². The lowest BCUT2D eigenvalue weighted by atomic mass is 9.96. The fraction of sp³-hybridized carbons (Fsp3) is 0.909. The summed E-state index contributed by atoms with van der Waals surface area (Å²) in [5.41, 5.74) is 0. The van der Waals surface area contributed by atoms with Gasteiger partial charge in [-0.2, -0.15) is 11.4 Å². The van der Waals surface area contributed by atoms with Crippen LogP contribution in [0.25, 0.3) is 0 Å². The first-order valence-corrected chi connectivity index (χ1v) is 6.62. The Labute approximate surface area is 91.0 Å². The van der Waals surface area contributed by atoms with Crippen molar-refractivity contribution in [1.29, 1.82) is 0 Å². The van der Waals surface area contributed by atoms with Crippen LogP contribution in [0.15, 0.2) is 0 Å². The summed E-state index contributed by atoms with van der Waals surface area (Å²) < 4.78 is 0. The molecule has 1 N–H and O–H groups in total. The maximum Gasteiger partial charge on any atom is 0.0490 e. The Morgan fingerprint density at radius 2 is 2.00 bits per heavy atom. The van der Waals surface area contributed by atoms with Crippen LogP contribution in [-0.4, -0.2) is 41.3 Å². The maximum absolute atomic E-state index is 3.72. The number of rotatable bonds is 1. The van der Waals surface area contributed by atoms with Crippen molar-refractivity contribution in [3.63, 3.8) is 0 Å². The van der Waals surface area contributed by atoms with Gasteiger partial charge in [0.05, 0.1) is 0 Å². The molecule has 0 aromatic carbocycles. The maximum atomic E-state index is 3.72. The van der Waals surface area contributed by atoms with Crippen molar-refractivity contribution in [1.82, 2.24) is 10.2 Å². The number of nitrogens with zero attached hydrogens (tertiary/aromatic N) is 1. The molecule has 2 unspecified atom stereocenters. The summed E-state index contributed by atoms with van der Waals surface area (Å²) in [6.07, 6.45) is 2.75. The van der Waals surface area contributed by atoms with Crippen molar-refractivity contribution >= 4 is 16.2 Å². The molecule has 2 atom stereocenters. The van der Waals surface area contributed by atoms with Gasteiger partial charge in [0.25, 0.3) is 0 Å². The Kier molecular flexibility index (Phi) is 3.30. The lowest BCUT2D eigenvalue weighted by Crippen LogP contribution is -2.40. The van der Waals surface area contributed by atoms with E-state index in [0.29, 0.717) is 6.04 Å². The van der Waals surface area contributed by atoms with Gasteiger partial charge in [0.1, 0.15) is 0 Å². The predicted octanol–water partition coefficient (Wildman–Crippen LogP) is 1.30. The molecule has 3 heteroatoms. The second-order valence-corrected chi connectivity index (χ2v) is 6.26. The van der Waals surface area contributed by atoms with E-state index in [-0.39, 0.29) is 0 Å². The highest BCUT2D eigenvalue weighted by molar-refractivity contribution is 7.99. The number of hydrogen-bond donors (Lipinski definition) is 2. The summed E-state index contributed by atoms with van der Waals surface area (Å²) in [5, 5.41) is 4.47. The van der Waals surface area contributed by atoms with Gasteiger partial charge in [-0.05, 0) is 57.6 Å². The van der Waals surface area contributed by atoms with Crippen LogP contribution >= 0.6 is 11.4 Å². The highest BCUT2D eigenvalue weighted by Crippen LogP contribution is 2.27. The molecule has 0 aromatic heterocycles. The van der Waals surface area contributed by atoms with Gasteiger partial charge in [0.2, 0.25) is 0 Å². The molecular weight excluding hydrogens is 192 g/mol. The van der Waals surface area contributed by atoms with Crippen molar-refractivity contribution in [3.8, 4) is 0 Å². The standard InChI is InChI=1S/C11H22N2S/c1-8-9(2)14-11(12-8)10-4-6-13(3)7-5-10/h8,10-12,14H,4-7H2,1-3H3. The summed E-state index contributed by atoms with van der Waals surface area (Å²) >= 11 is 1.57. The molecule has 2 heterocycles. The molecule has 1 fully saturated rings. The fourth-order valence-corrected chi connectivity index (χ4v) is 3.88. The Hall–Kier alpha value is 0.140. The normalized spacial score (nSPS) is 36.6. The molecule has 0 bridgehead atoms. The van der Waals surface area contributed by atoms with Gasteiger partial charge in [0.15, 0.2) is 0 Å². The minimum Gasteiger partial charge on any atom is -0.306 e. The first kappa shape index (κ1) is 10.7. The first-order chi connectivity index (χ1) is 6.66. The van der Waals surface area contributed by atoms with Gasteiger partial charge >= 0.3 is 0 Å². The third-order valence-electron chi connectivity index (χ3n) is 3.60. The highest BCUT2D eigenvalue weighted by Gasteiger charge is 2.28. The molecule has 0 spiro atoms. The van der Waals surface area contributed by atoms with Crippen molar-refractivity contribution in [3.05, 3.63) is 0 Å². The Morgan fingerprint density at radius 3 is 2.50 bits per heavy atom. The zero-order chi connectivity index (χ0) is 10.1. The summed E-state index contributed by atoms with van der Waals surface area (Å²) in [6.45, 7) is 7.14. The van der Waals surface area contributed by atoms with Crippen LogP contribution in [0.4, 0.5) is 0 Å². The molecule has 2 rings (SSSR count).